The Labute approximate surface area is 134 Å². The van der Waals surface area contributed by atoms with E-state index >= 15 is 0 Å². The molecule has 1 aromatic heterocycles. The highest BCUT2D eigenvalue weighted by atomic mass is 79.9. The molecule has 1 aromatic carbocycles. The van der Waals surface area contributed by atoms with Gasteiger partial charge < -0.3 is 0 Å². The molecule has 0 amide bonds. The van der Waals surface area contributed by atoms with Crippen molar-refractivity contribution in [1.82, 2.24) is 14.8 Å². The Hall–Kier alpha value is -0.990. The second kappa shape index (κ2) is 5.33. The van der Waals surface area contributed by atoms with Crippen molar-refractivity contribution in [1.29, 1.82) is 0 Å². The molecular weight excluding hydrogens is 385 g/mol. The van der Waals surface area contributed by atoms with Gasteiger partial charge in [-0.15, -0.1) is 10.2 Å². The molecule has 0 bridgehead atoms. The normalized spacial score (nSPS) is 12.7. The van der Waals surface area contributed by atoms with Gasteiger partial charge in [-0.05, 0) is 39.0 Å². The van der Waals surface area contributed by atoms with Crippen molar-refractivity contribution in [3.63, 3.8) is 0 Å². The lowest BCUT2D eigenvalue weighted by Crippen LogP contribution is -2.26. The second-order valence-corrected chi connectivity index (χ2v) is 8.75. The maximum atomic E-state index is 14.1. The molecule has 0 radical (unpaired) electrons. The molecule has 0 aliphatic rings. The molecule has 0 N–H and O–H groups in total. The van der Waals surface area contributed by atoms with Crippen molar-refractivity contribution < 1.29 is 12.8 Å². The fourth-order valence-corrected chi connectivity index (χ4v) is 3.23. The van der Waals surface area contributed by atoms with E-state index in [-0.39, 0.29) is 11.4 Å². The van der Waals surface area contributed by atoms with Gasteiger partial charge in [0.2, 0.25) is 0 Å². The maximum absolute atomic E-state index is 14.1. The van der Waals surface area contributed by atoms with E-state index in [0.29, 0.717) is 4.47 Å². The van der Waals surface area contributed by atoms with Crippen LogP contribution in [0.25, 0.3) is 11.4 Å². The molecule has 2 rings (SSSR count). The summed E-state index contributed by atoms with van der Waals surface area (Å²) < 4.78 is 39.2. The Balaban J connectivity index is 2.80. The number of hydrogen-bond donors (Lipinski definition) is 0. The van der Waals surface area contributed by atoms with E-state index in [1.807, 2.05) is 0 Å². The van der Waals surface area contributed by atoms with Crippen LogP contribution in [0.3, 0.4) is 0 Å². The maximum Gasteiger partial charge on any atom is 0.296 e. The first-order chi connectivity index (χ1) is 9.51. The first kappa shape index (κ1) is 16.4. The monoisotopic (exact) mass is 395 g/mol. The van der Waals surface area contributed by atoms with Gasteiger partial charge in [0.1, 0.15) is 5.82 Å². The topological polar surface area (TPSA) is 64.8 Å². The van der Waals surface area contributed by atoms with Gasteiger partial charge in [0, 0.05) is 20.7 Å². The first-order valence-electron chi connectivity index (χ1n) is 5.88. The Bertz CT molecular complexity index is 799. The van der Waals surface area contributed by atoms with Crippen molar-refractivity contribution in [2.45, 2.75) is 31.5 Å². The lowest BCUT2D eigenvalue weighted by molar-refractivity contribution is 0.366. The van der Waals surface area contributed by atoms with Gasteiger partial charge in [0.25, 0.3) is 14.2 Å². The van der Waals surface area contributed by atoms with Crippen molar-refractivity contribution >= 4 is 35.7 Å². The Kier molecular flexibility index (Phi) is 4.16. The number of aromatic nitrogens is 3. The third kappa shape index (κ3) is 3.27. The minimum Gasteiger partial charge on any atom is -0.291 e. The largest absolute Gasteiger partial charge is 0.296 e. The van der Waals surface area contributed by atoms with Crippen LogP contribution in [0.2, 0.25) is 0 Å². The van der Waals surface area contributed by atoms with E-state index in [9.17, 15) is 12.8 Å². The summed E-state index contributed by atoms with van der Waals surface area (Å²) in [6.07, 6.45) is 0. The third-order valence-electron chi connectivity index (χ3n) is 2.69. The van der Waals surface area contributed by atoms with Crippen LogP contribution in [0.1, 0.15) is 20.8 Å². The fraction of sp³-hybridized carbons (Fsp3) is 0.333. The molecule has 21 heavy (non-hydrogen) atoms. The molecule has 9 heteroatoms. The van der Waals surface area contributed by atoms with Gasteiger partial charge >= 0.3 is 0 Å². The molecule has 0 saturated heterocycles. The van der Waals surface area contributed by atoms with Crippen LogP contribution in [0.15, 0.2) is 27.8 Å². The van der Waals surface area contributed by atoms with E-state index < -0.39 is 25.6 Å². The standard InChI is InChI=1S/C12H12BrClFN3O2S/c1-12(2,3)18-10(16-17-11(18)21(14,19)20)8-5-4-7(13)6-9(8)15/h4-6H,1-3H3. The lowest BCUT2D eigenvalue weighted by Gasteiger charge is -2.24. The molecule has 1 heterocycles. The molecular formula is C12H12BrClFN3O2S. The summed E-state index contributed by atoms with van der Waals surface area (Å²) >= 11 is 3.16. The van der Waals surface area contributed by atoms with Crippen molar-refractivity contribution in [3.05, 3.63) is 28.5 Å². The molecule has 0 spiro atoms. The molecule has 0 atom stereocenters. The van der Waals surface area contributed by atoms with Gasteiger partial charge in [0.05, 0.1) is 5.56 Å². The molecule has 2 aromatic rings. The first-order valence-corrected chi connectivity index (χ1v) is 8.98. The van der Waals surface area contributed by atoms with Crippen LogP contribution in [-0.4, -0.2) is 23.2 Å². The van der Waals surface area contributed by atoms with Crippen molar-refractivity contribution in [3.8, 4) is 11.4 Å². The lowest BCUT2D eigenvalue weighted by atomic mass is 10.1. The van der Waals surface area contributed by atoms with E-state index in [4.69, 9.17) is 10.7 Å². The second-order valence-electron chi connectivity index (χ2n) is 5.37. The number of rotatable bonds is 2. The predicted octanol–water partition coefficient (Wildman–Crippen LogP) is 3.53. The summed E-state index contributed by atoms with van der Waals surface area (Å²) in [5.41, 5.74) is -0.553. The summed E-state index contributed by atoms with van der Waals surface area (Å²) in [7, 11) is 1.29. The molecule has 114 valence electrons. The smallest absolute Gasteiger partial charge is 0.291 e. The van der Waals surface area contributed by atoms with Crippen LogP contribution in [-0.2, 0) is 14.6 Å². The Morgan fingerprint density at radius 1 is 1.29 bits per heavy atom. The molecule has 5 nitrogen and oxygen atoms in total. The van der Waals surface area contributed by atoms with Gasteiger partial charge in [-0.1, -0.05) is 15.9 Å². The van der Waals surface area contributed by atoms with Gasteiger partial charge in [-0.3, -0.25) is 4.57 Å². The predicted molar refractivity (Wildman–Crippen MR) is 81.2 cm³/mol. The zero-order valence-electron chi connectivity index (χ0n) is 11.4. The minimum atomic E-state index is -4.09. The quantitative estimate of drug-likeness (QED) is 0.729. The van der Waals surface area contributed by atoms with Crippen LogP contribution in [0, 0.1) is 5.82 Å². The van der Waals surface area contributed by atoms with Gasteiger partial charge in [-0.2, -0.15) is 0 Å². The molecule has 0 saturated carbocycles. The van der Waals surface area contributed by atoms with E-state index in [2.05, 4.69) is 26.1 Å². The number of hydrogen-bond acceptors (Lipinski definition) is 4. The zero-order chi connectivity index (χ0) is 16.0. The zero-order valence-corrected chi connectivity index (χ0v) is 14.6. The Morgan fingerprint density at radius 2 is 1.90 bits per heavy atom. The average Bonchev–Trinajstić information content (AvgIpc) is 2.72. The minimum absolute atomic E-state index is 0.103. The van der Waals surface area contributed by atoms with Crippen LogP contribution >= 0.6 is 26.6 Å². The SMILES string of the molecule is CC(C)(C)n1c(-c2ccc(Br)cc2F)nnc1S(=O)(=O)Cl. The number of benzene rings is 1. The number of halogens is 3. The molecule has 0 unspecified atom stereocenters. The molecule has 0 fully saturated rings. The highest BCUT2D eigenvalue weighted by molar-refractivity contribution is 9.10. The molecule has 0 aliphatic heterocycles. The van der Waals surface area contributed by atoms with Crippen LogP contribution < -0.4 is 0 Å². The van der Waals surface area contributed by atoms with Crippen LogP contribution in [0.4, 0.5) is 4.39 Å². The summed E-state index contributed by atoms with van der Waals surface area (Å²) in [6.45, 7) is 5.26. The molecule has 0 aliphatic carbocycles. The van der Waals surface area contributed by atoms with E-state index in [1.54, 1.807) is 26.8 Å². The average molecular weight is 397 g/mol. The van der Waals surface area contributed by atoms with Crippen LogP contribution in [0.5, 0.6) is 0 Å². The summed E-state index contributed by atoms with van der Waals surface area (Å²) in [6, 6.07) is 4.40. The van der Waals surface area contributed by atoms with E-state index in [0.717, 1.165) is 0 Å². The van der Waals surface area contributed by atoms with E-state index in [1.165, 1.54) is 16.7 Å². The summed E-state index contributed by atoms with van der Waals surface area (Å²) in [4.78, 5) is 0. The van der Waals surface area contributed by atoms with Crippen molar-refractivity contribution in [2.75, 3.05) is 0 Å². The van der Waals surface area contributed by atoms with Crippen molar-refractivity contribution in [2.24, 2.45) is 0 Å². The fourth-order valence-electron chi connectivity index (χ4n) is 1.88. The Morgan fingerprint density at radius 3 is 2.38 bits per heavy atom. The highest BCUT2D eigenvalue weighted by Gasteiger charge is 2.31. The highest BCUT2D eigenvalue weighted by Crippen LogP contribution is 2.31. The summed E-state index contributed by atoms with van der Waals surface area (Å²) in [5, 5.41) is 7.00. The third-order valence-corrected chi connectivity index (χ3v) is 4.30. The summed E-state index contributed by atoms with van der Waals surface area (Å²) in [5.74, 6) is -0.437. The van der Waals surface area contributed by atoms with Gasteiger partial charge in [0.15, 0.2) is 5.82 Å². The van der Waals surface area contributed by atoms with Gasteiger partial charge in [-0.25, -0.2) is 12.8 Å². The number of nitrogens with zero attached hydrogens (tertiary/aromatic N) is 3.